The minimum absolute atomic E-state index is 0.111. The summed E-state index contributed by atoms with van der Waals surface area (Å²) in [6.07, 6.45) is 0.254. The lowest BCUT2D eigenvalue weighted by atomic mass is 9.97. The molecule has 2 aromatic rings. The Labute approximate surface area is 124 Å². The van der Waals surface area contributed by atoms with Crippen LogP contribution in [0.25, 0.3) is 0 Å². The normalized spacial score (nSPS) is 14.8. The summed E-state index contributed by atoms with van der Waals surface area (Å²) in [5.74, 6) is -2.00. The van der Waals surface area contributed by atoms with Gasteiger partial charge in [0.25, 0.3) is 0 Å². The molecule has 0 bridgehead atoms. The standard InChI is InChI=1S/C15H11ClF2N2O/c16-10-6-13-8(5-14(21)20-13)3-9(10)15(19)7-1-2-11(17)12(18)4-7/h1-4,6,15H,5,19H2,(H,20,21). The second-order valence-electron chi connectivity index (χ2n) is 4.91. The summed E-state index contributed by atoms with van der Waals surface area (Å²) in [4.78, 5) is 11.4. The summed E-state index contributed by atoms with van der Waals surface area (Å²) >= 11 is 6.17. The van der Waals surface area contributed by atoms with Crippen LogP contribution in [-0.4, -0.2) is 5.91 Å². The molecule has 1 heterocycles. The van der Waals surface area contributed by atoms with E-state index in [0.29, 0.717) is 21.8 Å². The van der Waals surface area contributed by atoms with Crippen LogP contribution in [0.5, 0.6) is 0 Å². The number of nitrogens with two attached hydrogens (primary N) is 1. The van der Waals surface area contributed by atoms with Crippen molar-refractivity contribution in [2.45, 2.75) is 12.5 Å². The maximum Gasteiger partial charge on any atom is 0.228 e. The Morgan fingerprint density at radius 1 is 1.19 bits per heavy atom. The number of rotatable bonds is 2. The minimum Gasteiger partial charge on any atom is -0.325 e. The molecule has 0 fully saturated rings. The van der Waals surface area contributed by atoms with Crippen LogP contribution in [-0.2, 0) is 11.2 Å². The number of carbonyl (C=O) groups is 1. The molecule has 0 aromatic heterocycles. The first-order chi connectivity index (χ1) is 9.95. The van der Waals surface area contributed by atoms with Crippen molar-refractivity contribution < 1.29 is 13.6 Å². The van der Waals surface area contributed by atoms with Crippen LogP contribution in [0.1, 0.15) is 22.7 Å². The van der Waals surface area contributed by atoms with Crippen LogP contribution in [0.15, 0.2) is 30.3 Å². The van der Waals surface area contributed by atoms with Gasteiger partial charge in [-0.15, -0.1) is 0 Å². The SMILES string of the molecule is NC(c1ccc(F)c(F)c1)c1cc2c(cc1Cl)NC(=O)C2. The van der Waals surface area contributed by atoms with Gasteiger partial charge >= 0.3 is 0 Å². The van der Waals surface area contributed by atoms with Crippen molar-refractivity contribution in [3.63, 3.8) is 0 Å². The number of halogens is 3. The van der Waals surface area contributed by atoms with Crippen molar-refractivity contribution in [2.24, 2.45) is 5.73 Å². The van der Waals surface area contributed by atoms with Gasteiger partial charge in [-0.05, 0) is 41.0 Å². The monoisotopic (exact) mass is 308 g/mol. The number of fused-ring (bicyclic) bond motifs is 1. The summed E-state index contributed by atoms with van der Waals surface area (Å²) in [6, 6.07) is 6.13. The highest BCUT2D eigenvalue weighted by Crippen LogP contribution is 2.34. The van der Waals surface area contributed by atoms with Crippen molar-refractivity contribution in [3.05, 3.63) is 63.7 Å². The molecule has 21 heavy (non-hydrogen) atoms. The Hall–Kier alpha value is -1.98. The van der Waals surface area contributed by atoms with E-state index in [4.69, 9.17) is 17.3 Å². The fourth-order valence-electron chi connectivity index (χ4n) is 2.39. The molecule has 1 aliphatic heterocycles. The molecule has 0 saturated carbocycles. The highest BCUT2D eigenvalue weighted by atomic mass is 35.5. The van der Waals surface area contributed by atoms with Crippen molar-refractivity contribution in [3.8, 4) is 0 Å². The van der Waals surface area contributed by atoms with Gasteiger partial charge in [-0.2, -0.15) is 0 Å². The van der Waals surface area contributed by atoms with E-state index in [2.05, 4.69) is 5.32 Å². The maximum absolute atomic E-state index is 13.3. The zero-order valence-electron chi connectivity index (χ0n) is 10.8. The highest BCUT2D eigenvalue weighted by molar-refractivity contribution is 6.32. The predicted octanol–water partition coefficient (Wildman–Crippen LogP) is 3.16. The van der Waals surface area contributed by atoms with Gasteiger partial charge in [-0.25, -0.2) is 8.78 Å². The summed E-state index contributed by atoms with van der Waals surface area (Å²) in [6.45, 7) is 0. The van der Waals surface area contributed by atoms with Crippen LogP contribution in [0.4, 0.5) is 14.5 Å². The predicted molar refractivity (Wildman–Crippen MR) is 76.2 cm³/mol. The molecular weight excluding hydrogens is 298 g/mol. The third-order valence-corrected chi connectivity index (χ3v) is 3.81. The molecule has 1 unspecified atom stereocenters. The summed E-state index contributed by atoms with van der Waals surface area (Å²) in [5.41, 5.74) is 8.51. The molecular formula is C15H11ClF2N2O. The van der Waals surface area contributed by atoms with E-state index in [1.807, 2.05) is 0 Å². The largest absolute Gasteiger partial charge is 0.325 e. The number of anilines is 1. The number of amides is 1. The van der Waals surface area contributed by atoms with Crippen molar-refractivity contribution >= 4 is 23.2 Å². The Kier molecular flexibility index (Phi) is 3.39. The molecule has 0 radical (unpaired) electrons. The Morgan fingerprint density at radius 2 is 1.95 bits per heavy atom. The van der Waals surface area contributed by atoms with Gasteiger partial charge in [-0.1, -0.05) is 17.7 Å². The molecule has 108 valence electrons. The molecule has 6 heteroatoms. The topological polar surface area (TPSA) is 55.1 Å². The van der Waals surface area contributed by atoms with E-state index >= 15 is 0 Å². The number of nitrogens with one attached hydrogen (secondary N) is 1. The van der Waals surface area contributed by atoms with E-state index in [9.17, 15) is 13.6 Å². The fraction of sp³-hybridized carbons (Fsp3) is 0.133. The van der Waals surface area contributed by atoms with E-state index in [0.717, 1.165) is 17.7 Å². The van der Waals surface area contributed by atoms with Crippen LogP contribution in [0, 0.1) is 11.6 Å². The molecule has 0 spiro atoms. The van der Waals surface area contributed by atoms with E-state index in [1.165, 1.54) is 6.07 Å². The Bertz CT molecular complexity index is 749. The van der Waals surface area contributed by atoms with Crippen LogP contribution >= 0.6 is 11.6 Å². The summed E-state index contributed by atoms with van der Waals surface area (Å²) < 4.78 is 26.3. The second kappa shape index (κ2) is 5.09. The first-order valence-corrected chi connectivity index (χ1v) is 6.66. The van der Waals surface area contributed by atoms with Gasteiger partial charge in [0, 0.05) is 10.7 Å². The van der Waals surface area contributed by atoms with E-state index in [-0.39, 0.29) is 12.3 Å². The van der Waals surface area contributed by atoms with Crippen LogP contribution in [0.3, 0.4) is 0 Å². The third kappa shape index (κ3) is 2.50. The zero-order chi connectivity index (χ0) is 15.1. The summed E-state index contributed by atoms with van der Waals surface area (Å²) in [5, 5.41) is 3.06. The molecule has 3 rings (SSSR count). The number of hydrogen-bond donors (Lipinski definition) is 2. The smallest absolute Gasteiger partial charge is 0.228 e. The molecule has 3 N–H and O–H groups in total. The lowest BCUT2D eigenvalue weighted by Gasteiger charge is -2.16. The number of benzene rings is 2. The third-order valence-electron chi connectivity index (χ3n) is 3.49. The second-order valence-corrected chi connectivity index (χ2v) is 5.31. The number of hydrogen-bond acceptors (Lipinski definition) is 2. The lowest BCUT2D eigenvalue weighted by Crippen LogP contribution is -2.13. The van der Waals surface area contributed by atoms with E-state index < -0.39 is 17.7 Å². The van der Waals surface area contributed by atoms with Gasteiger partial charge in [0.05, 0.1) is 12.5 Å². The average molecular weight is 309 g/mol. The maximum atomic E-state index is 13.3. The van der Waals surface area contributed by atoms with Gasteiger partial charge in [0.15, 0.2) is 11.6 Å². The Balaban J connectivity index is 2.02. The van der Waals surface area contributed by atoms with Crippen molar-refractivity contribution in [2.75, 3.05) is 5.32 Å². The van der Waals surface area contributed by atoms with Crippen LogP contribution < -0.4 is 11.1 Å². The molecule has 2 aromatic carbocycles. The molecule has 0 saturated heterocycles. The molecule has 1 amide bonds. The lowest BCUT2D eigenvalue weighted by molar-refractivity contribution is -0.115. The molecule has 0 aliphatic carbocycles. The van der Waals surface area contributed by atoms with Crippen molar-refractivity contribution in [1.29, 1.82) is 0 Å². The van der Waals surface area contributed by atoms with Gasteiger partial charge in [0.1, 0.15) is 0 Å². The fourth-order valence-corrected chi connectivity index (χ4v) is 2.67. The molecule has 1 atom stereocenters. The Morgan fingerprint density at radius 3 is 2.67 bits per heavy atom. The summed E-state index contributed by atoms with van der Waals surface area (Å²) in [7, 11) is 0. The van der Waals surface area contributed by atoms with E-state index in [1.54, 1.807) is 12.1 Å². The van der Waals surface area contributed by atoms with Gasteiger partial charge < -0.3 is 11.1 Å². The number of carbonyl (C=O) groups excluding carboxylic acids is 1. The quantitative estimate of drug-likeness (QED) is 0.895. The first kappa shape index (κ1) is 14.0. The zero-order valence-corrected chi connectivity index (χ0v) is 11.5. The first-order valence-electron chi connectivity index (χ1n) is 6.28. The minimum atomic E-state index is -0.961. The highest BCUT2D eigenvalue weighted by Gasteiger charge is 2.22. The molecule has 3 nitrogen and oxygen atoms in total. The van der Waals surface area contributed by atoms with Gasteiger partial charge in [-0.3, -0.25) is 4.79 Å². The van der Waals surface area contributed by atoms with Crippen LogP contribution in [0.2, 0.25) is 5.02 Å². The van der Waals surface area contributed by atoms with Crippen molar-refractivity contribution in [1.82, 2.24) is 0 Å². The average Bonchev–Trinajstić information content (AvgIpc) is 2.79. The van der Waals surface area contributed by atoms with Gasteiger partial charge in [0.2, 0.25) is 5.91 Å². The molecule has 1 aliphatic rings.